The Hall–Kier alpha value is -1.07. The Morgan fingerprint density at radius 2 is 2.25 bits per heavy atom. The SMILES string of the molecule is CCN1CCCC(Nc2cccc(Br)c2)(C(=O)O)CC1. The van der Waals surface area contributed by atoms with Gasteiger partial charge in [0.1, 0.15) is 5.54 Å². The number of carboxylic acid groups (broad SMARTS) is 1. The Labute approximate surface area is 128 Å². The van der Waals surface area contributed by atoms with Crippen molar-refractivity contribution in [3.8, 4) is 0 Å². The van der Waals surface area contributed by atoms with E-state index in [4.69, 9.17) is 0 Å². The number of carbonyl (C=O) groups is 1. The second kappa shape index (κ2) is 6.59. The minimum Gasteiger partial charge on any atom is -0.480 e. The molecule has 2 rings (SSSR count). The summed E-state index contributed by atoms with van der Waals surface area (Å²) in [6.07, 6.45) is 2.19. The first-order valence-electron chi connectivity index (χ1n) is 7.05. The molecule has 1 aromatic rings. The van der Waals surface area contributed by atoms with Crippen LogP contribution in [-0.2, 0) is 4.79 Å². The zero-order valence-corrected chi connectivity index (χ0v) is 13.3. The van der Waals surface area contributed by atoms with Crippen molar-refractivity contribution in [2.75, 3.05) is 25.0 Å². The van der Waals surface area contributed by atoms with E-state index in [1.807, 2.05) is 24.3 Å². The van der Waals surface area contributed by atoms with E-state index in [0.717, 1.165) is 36.2 Å². The quantitative estimate of drug-likeness (QED) is 0.883. The zero-order valence-electron chi connectivity index (χ0n) is 11.7. The maximum absolute atomic E-state index is 11.8. The molecule has 0 spiro atoms. The minimum absolute atomic E-state index is 0.628. The maximum atomic E-state index is 11.8. The van der Waals surface area contributed by atoms with Crippen LogP contribution in [0.15, 0.2) is 28.7 Å². The fraction of sp³-hybridized carbons (Fsp3) is 0.533. The highest BCUT2D eigenvalue weighted by Gasteiger charge is 2.39. The summed E-state index contributed by atoms with van der Waals surface area (Å²) >= 11 is 3.42. The van der Waals surface area contributed by atoms with E-state index in [9.17, 15) is 9.90 Å². The molecule has 1 fully saturated rings. The maximum Gasteiger partial charge on any atom is 0.329 e. The Balaban J connectivity index is 2.19. The molecule has 1 aromatic carbocycles. The largest absolute Gasteiger partial charge is 0.480 e. The van der Waals surface area contributed by atoms with Gasteiger partial charge in [0.15, 0.2) is 0 Å². The number of rotatable bonds is 4. The minimum atomic E-state index is -0.856. The van der Waals surface area contributed by atoms with Crippen molar-refractivity contribution in [2.45, 2.75) is 31.7 Å². The molecule has 0 bridgehead atoms. The molecule has 1 heterocycles. The highest BCUT2D eigenvalue weighted by molar-refractivity contribution is 9.10. The number of benzene rings is 1. The molecule has 4 nitrogen and oxygen atoms in total. The summed E-state index contributed by atoms with van der Waals surface area (Å²) in [5, 5.41) is 13.0. The number of anilines is 1. The number of hydrogen-bond donors (Lipinski definition) is 2. The molecule has 1 aliphatic rings. The standard InChI is InChI=1S/C15H21BrN2O2/c1-2-18-9-4-7-15(8-10-18,14(19)20)17-13-6-3-5-12(16)11-13/h3,5-6,11,17H,2,4,7-10H2,1H3,(H,19,20). The first kappa shape index (κ1) is 15.3. The van der Waals surface area contributed by atoms with Gasteiger partial charge in [0.05, 0.1) is 0 Å². The Kier molecular flexibility index (Phi) is 5.05. The first-order chi connectivity index (χ1) is 9.55. The van der Waals surface area contributed by atoms with Gasteiger partial charge in [-0.1, -0.05) is 28.9 Å². The number of likely N-dealkylation sites (tertiary alicyclic amines) is 1. The lowest BCUT2D eigenvalue weighted by Crippen LogP contribution is -2.47. The molecule has 0 aliphatic carbocycles. The summed E-state index contributed by atoms with van der Waals surface area (Å²) < 4.78 is 0.951. The van der Waals surface area contributed by atoms with Crippen LogP contribution in [0.4, 0.5) is 5.69 Å². The van der Waals surface area contributed by atoms with E-state index in [0.29, 0.717) is 12.8 Å². The third-order valence-electron chi connectivity index (χ3n) is 4.00. The van der Waals surface area contributed by atoms with Gasteiger partial charge in [0, 0.05) is 16.7 Å². The van der Waals surface area contributed by atoms with Crippen LogP contribution >= 0.6 is 15.9 Å². The molecular formula is C15H21BrN2O2. The molecule has 110 valence electrons. The van der Waals surface area contributed by atoms with Gasteiger partial charge < -0.3 is 15.3 Å². The molecule has 20 heavy (non-hydrogen) atoms. The summed E-state index contributed by atoms with van der Waals surface area (Å²) in [6, 6.07) is 7.69. The molecule has 0 aromatic heterocycles. The van der Waals surface area contributed by atoms with Crippen molar-refractivity contribution in [1.29, 1.82) is 0 Å². The predicted molar refractivity (Wildman–Crippen MR) is 84.1 cm³/mol. The molecule has 0 amide bonds. The van der Waals surface area contributed by atoms with E-state index in [1.165, 1.54) is 0 Å². The molecular weight excluding hydrogens is 320 g/mol. The average Bonchev–Trinajstić information content (AvgIpc) is 2.62. The molecule has 1 unspecified atom stereocenters. The Morgan fingerprint density at radius 1 is 1.45 bits per heavy atom. The highest BCUT2D eigenvalue weighted by atomic mass is 79.9. The van der Waals surface area contributed by atoms with Gasteiger partial charge in [-0.05, 0) is 50.6 Å². The summed E-state index contributed by atoms with van der Waals surface area (Å²) in [6.45, 7) is 4.90. The van der Waals surface area contributed by atoms with Crippen LogP contribution in [0.1, 0.15) is 26.2 Å². The smallest absolute Gasteiger partial charge is 0.329 e. The molecule has 5 heteroatoms. The molecule has 1 atom stereocenters. The van der Waals surface area contributed by atoms with Crippen LogP contribution in [0.3, 0.4) is 0 Å². The van der Waals surface area contributed by atoms with Gasteiger partial charge in [0.2, 0.25) is 0 Å². The molecule has 1 aliphatic heterocycles. The topological polar surface area (TPSA) is 52.6 Å². The summed E-state index contributed by atoms with van der Waals surface area (Å²) in [5.74, 6) is -0.754. The van der Waals surface area contributed by atoms with Gasteiger partial charge in [-0.15, -0.1) is 0 Å². The number of nitrogens with zero attached hydrogens (tertiary/aromatic N) is 1. The van der Waals surface area contributed by atoms with Crippen LogP contribution in [0.25, 0.3) is 0 Å². The fourth-order valence-electron chi connectivity index (χ4n) is 2.74. The number of halogens is 1. The summed E-state index contributed by atoms with van der Waals surface area (Å²) in [5.41, 5.74) is -0.00299. The van der Waals surface area contributed by atoms with Crippen LogP contribution in [0, 0.1) is 0 Å². The first-order valence-corrected chi connectivity index (χ1v) is 7.84. The Morgan fingerprint density at radius 3 is 2.90 bits per heavy atom. The monoisotopic (exact) mass is 340 g/mol. The summed E-state index contributed by atoms with van der Waals surface area (Å²) in [7, 11) is 0. The lowest BCUT2D eigenvalue weighted by atomic mass is 9.90. The normalized spacial score (nSPS) is 24.1. The lowest BCUT2D eigenvalue weighted by molar-refractivity contribution is -0.142. The fourth-order valence-corrected chi connectivity index (χ4v) is 3.14. The average molecular weight is 341 g/mol. The van der Waals surface area contributed by atoms with E-state index >= 15 is 0 Å². The highest BCUT2D eigenvalue weighted by Crippen LogP contribution is 2.28. The van der Waals surface area contributed by atoms with E-state index in [1.54, 1.807) is 0 Å². The van der Waals surface area contributed by atoms with Crippen molar-refractivity contribution in [2.24, 2.45) is 0 Å². The van der Waals surface area contributed by atoms with Gasteiger partial charge in [-0.2, -0.15) is 0 Å². The van der Waals surface area contributed by atoms with Crippen LogP contribution in [0.5, 0.6) is 0 Å². The second-order valence-corrected chi connectivity index (χ2v) is 6.23. The molecule has 1 saturated heterocycles. The van der Waals surface area contributed by atoms with Crippen LogP contribution in [0.2, 0.25) is 0 Å². The molecule has 0 radical (unpaired) electrons. The van der Waals surface area contributed by atoms with Gasteiger partial charge in [0.25, 0.3) is 0 Å². The third-order valence-corrected chi connectivity index (χ3v) is 4.49. The second-order valence-electron chi connectivity index (χ2n) is 5.31. The third kappa shape index (κ3) is 3.52. The van der Waals surface area contributed by atoms with Gasteiger partial charge in [-0.25, -0.2) is 4.79 Å². The number of carboxylic acids is 1. The number of aliphatic carboxylic acids is 1. The lowest BCUT2D eigenvalue weighted by Gasteiger charge is -2.30. The van der Waals surface area contributed by atoms with Crippen molar-refractivity contribution < 1.29 is 9.90 Å². The van der Waals surface area contributed by atoms with E-state index in [2.05, 4.69) is 33.1 Å². The summed E-state index contributed by atoms with van der Waals surface area (Å²) in [4.78, 5) is 14.1. The van der Waals surface area contributed by atoms with Crippen molar-refractivity contribution in [3.63, 3.8) is 0 Å². The molecule has 0 saturated carbocycles. The number of hydrogen-bond acceptors (Lipinski definition) is 3. The van der Waals surface area contributed by atoms with E-state index in [-0.39, 0.29) is 0 Å². The van der Waals surface area contributed by atoms with Gasteiger partial charge >= 0.3 is 5.97 Å². The van der Waals surface area contributed by atoms with Crippen LogP contribution < -0.4 is 5.32 Å². The Bertz CT molecular complexity index is 481. The van der Waals surface area contributed by atoms with Gasteiger partial charge in [-0.3, -0.25) is 0 Å². The van der Waals surface area contributed by atoms with Crippen molar-refractivity contribution >= 4 is 27.6 Å². The van der Waals surface area contributed by atoms with E-state index < -0.39 is 11.5 Å². The number of nitrogens with one attached hydrogen (secondary N) is 1. The zero-order chi connectivity index (χ0) is 14.6. The van der Waals surface area contributed by atoms with Crippen LogP contribution in [-0.4, -0.2) is 41.1 Å². The van der Waals surface area contributed by atoms with Crippen molar-refractivity contribution in [3.05, 3.63) is 28.7 Å². The predicted octanol–water partition coefficient (Wildman–Crippen LogP) is 3.19. The molecule has 2 N–H and O–H groups in total. The van der Waals surface area contributed by atoms with Crippen molar-refractivity contribution in [1.82, 2.24) is 4.90 Å².